The van der Waals surface area contributed by atoms with Crippen LogP contribution in [0.3, 0.4) is 0 Å². The molecule has 1 aromatic carbocycles. The summed E-state index contributed by atoms with van der Waals surface area (Å²) >= 11 is 0. The van der Waals surface area contributed by atoms with Crippen LogP contribution in [0.4, 0.5) is 8.78 Å². The first-order valence-electron chi connectivity index (χ1n) is 7.44. The number of halogens is 2. The molecule has 112 valence electrons. The van der Waals surface area contributed by atoms with Crippen LogP contribution in [0.25, 0.3) is 0 Å². The minimum Gasteiger partial charge on any atom is -0.314 e. The third-order valence-electron chi connectivity index (χ3n) is 4.55. The molecule has 0 bridgehead atoms. The molecular formula is C16H24F2N2. The standard InChI is InChI=1S/C16H24F2N2/c1-4-19-16-7-8-20(12(3)11(16)2)10-13-9-14(17)5-6-15(13)18/h5-6,9,11-12,16,19H,4,7-8,10H2,1-3H3. The summed E-state index contributed by atoms with van der Waals surface area (Å²) in [6.07, 6.45) is 1.05. The van der Waals surface area contributed by atoms with Gasteiger partial charge in [0.25, 0.3) is 0 Å². The van der Waals surface area contributed by atoms with Crippen molar-refractivity contribution in [3.05, 3.63) is 35.4 Å². The van der Waals surface area contributed by atoms with E-state index in [1.165, 1.54) is 18.2 Å². The first kappa shape index (κ1) is 15.4. The van der Waals surface area contributed by atoms with Crippen molar-refractivity contribution in [1.82, 2.24) is 10.2 Å². The Kier molecular flexibility index (Phi) is 5.11. The zero-order valence-corrected chi connectivity index (χ0v) is 12.5. The van der Waals surface area contributed by atoms with Crippen LogP contribution in [0.1, 0.15) is 32.8 Å². The second kappa shape index (κ2) is 6.64. The van der Waals surface area contributed by atoms with Crippen molar-refractivity contribution < 1.29 is 8.78 Å². The monoisotopic (exact) mass is 282 g/mol. The van der Waals surface area contributed by atoms with E-state index in [0.717, 1.165) is 19.5 Å². The average molecular weight is 282 g/mol. The molecule has 1 heterocycles. The van der Waals surface area contributed by atoms with E-state index in [2.05, 4.69) is 31.0 Å². The SMILES string of the molecule is CCNC1CCN(Cc2cc(F)ccc2F)C(C)C1C. The van der Waals surface area contributed by atoms with Crippen molar-refractivity contribution in [2.75, 3.05) is 13.1 Å². The largest absolute Gasteiger partial charge is 0.314 e. The van der Waals surface area contributed by atoms with E-state index in [1.54, 1.807) is 0 Å². The lowest BCUT2D eigenvalue weighted by Crippen LogP contribution is -2.53. The third-order valence-corrected chi connectivity index (χ3v) is 4.55. The Balaban J connectivity index is 2.05. The topological polar surface area (TPSA) is 15.3 Å². The molecule has 20 heavy (non-hydrogen) atoms. The van der Waals surface area contributed by atoms with E-state index < -0.39 is 0 Å². The van der Waals surface area contributed by atoms with Gasteiger partial charge in [-0.3, -0.25) is 4.90 Å². The lowest BCUT2D eigenvalue weighted by molar-refractivity contribution is 0.0780. The molecule has 2 rings (SSSR count). The lowest BCUT2D eigenvalue weighted by Gasteiger charge is -2.43. The van der Waals surface area contributed by atoms with Crippen molar-refractivity contribution >= 4 is 0 Å². The fraction of sp³-hybridized carbons (Fsp3) is 0.625. The van der Waals surface area contributed by atoms with E-state index >= 15 is 0 Å². The maximum absolute atomic E-state index is 13.7. The Labute approximate surface area is 120 Å². The molecule has 0 amide bonds. The fourth-order valence-corrected chi connectivity index (χ4v) is 3.10. The molecule has 1 fully saturated rings. The smallest absolute Gasteiger partial charge is 0.127 e. The van der Waals surface area contributed by atoms with E-state index in [0.29, 0.717) is 30.1 Å². The van der Waals surface area contributed by atoms with Crippen LogP contribution < -0.4 is 5.32 Å². The molecule has 1 aromatic rings. The van der Waals surface area contributed by atoms with Crippen LogP contribution in [0.5, 0.6) is 0 Å². The predicted molar refractivity (Wildman–Crippen MR) is 77.5 cm³/mol. The van der Waals surface area contributed by atoms with Crippen LogP contribution in [0.2, 0.25) is 0 Å². The predicted octanol–water partition coefficient (Wildman–Crippen LogP) is 3.17. The molecular weight excluding hydrogens is 258 g/mol. The Morgan fingerprint density at radius 3 is 2.75 bits per heavy atom. The number of likely N-dealkylation sites (tertiary alicyclic amines) is 1. The van der Waals surface area contributed by atoms with Crippen LogP contribution >= 0.6 is 0 Å². The molecule has 0 aromatic heterocycles. The molecule has 4 heteroatoms. The van der Waals surface area contributed by atoms with Crippen LogP contribution in [0, 0.1) is 17.6 Å². The summed E-state index contributed by atoms with van der Waals surface area (Å²) in [5.74, 6) is -0.190. The van der Waals surface area contributed by atoms with E-state index in [4.69, 9.17) is 0 Å². The van der Waals surface area contributed by atoms with Crippen molar-refractivity contribution in [2.24, 2.45) is 5.92 Å². The number of rotatable bonds is 4. The number of hydrogen-bond donors (Lipinski definition) is 1. The molecule has 1 saturated heterocycles. The minimum atomic E-state index is -0.371. The Morgan fingerprint density at radius 1 is 1.30 bits per heavy atom. The number of nitrogens with one attached hydrogen (secondary N) is 1. The Bertz CT molecular complexity index is 450. The molecule has 0 saturated carbocycles. The number of hydrogen-bond acceptors (Lipinski definition) is 2. The number of nitrogens with zero attached hydrogens (tertiary/aromatic N) is 1. The van der Waals surface area contributed by atoms with Gasteiger partial charge in [-0.25, -0.2) is 8.78 Å². The summed E-state index contributed by atoms with van der Waals surface area (Å²) in [5.41, 5.74) is 0.450. The maximum Gasteiger partial charge on any atom is 0.127 e. The van der Waals surface area contributed by atoms with Crippen LogP contribution in [-0.2, 0) is 6.54 Å². The zero-order valence-electron chi connectivity index (χ0n) is 12.5. The molecule has 0 aliphatic carbocycles. The first-order valence-corrected chi connectivity index (χ1v) is 7.44. The van der Waals surface area contributed by atoms with E-state index in [9.17, 15) is 8.78 Å². The molecule has 2 nitrogen and oxygen atoms in total. The van der Waals surface area contributed by atoms with Gasteiger partial charge in [-0.15, -0.1) is 0 Å². The second-order valence-electron chi connectivity index (χ2n) is 5.76. The summed E-state index contributed by atoms with van der Waals surface area (Å²) in [7, 11) is 0. The van der Waals surface area contributed by atoms with Crippen molar-refractivity contribution in [3.63, 3.8) is 0 Å². The molecule has 3 unspecified atom stereocenters. The summed E-state index contributed by atoms with van der Waals surface area (Å²) in [6, 6.07) is 4.56. The van der Waals surface area contributed by atoms with Crippen molar-refractivity contribution in [3.8, 4) is 0 Å². The molecule has 1 aliphatic heterocycles. The van der Waals surface area contributed by atoms with Crippen LogP contribution in [-0.4, -0.2) is 30.1 Å². The van der Waals surface area contributed by atoms with Gasteiger partial charge in [-0.2, -0.15) is 0 Å². The molecule has 0 spiro atoms. The summed E-state index contributed by atoms with van der Waals surface area (Å²) < 4.78 is 27.0. The highest BCUT2D eigenvalue weighted by molar-refractivity contribution is 5.19. The van der Waals surface area contributed by atoms with Gasteiger partial charge in [-0.1, -0.05) is 13.8 Å². The maximum atomic E-state index is 13.7. The quantitative estimate of drug-likeness (QED) is 0.912. The van der Waals surface area contributed by atoms with Gasteiger partial charge in [0.2, 0.25) is 0 Å². The zero-order chi connectivity index (χ0) is 14.7. The molecule has 1 aliphatic rings. The second-order valence-corrected chi connectivity index (χ2v) is 5.76. The van der Waals surface area contributed by atoms with Gasteiger partial charge in [-0.05, 0) is 44.0 Å². The van der Waals surface area contributed by atoms with Gasteiger partial charge in [0.05, 0.1) is 0 Å². The molecule has 3 atom stereocenters. The summed E-state index contributed by atoms with van der Waals surface area (Å²) in [5, 5.41) is 3.51. The van der Waals surface area contributed by atoms with Gasteiger partial charge in [0, 0.05) is 30.7 Å². The number of piperidine rings is 1. The Morgan fingerprint density at radius 2 is 2.05 bits per heavy atom. The van der Waals surface area contributed by atoms with E-state index in [-0.39, 0.29) is 11.6 Å². The summed E-state index contributed by atoms with van der Waals surface area (Å²) in [4.78, 5) is 2.25. The van der Waals surface area contributed by atoms with Crippen LogP contribution in [0.15, 0.2) is 18.2 Å². The lowest BCUT2D eigenvalue weighted by atomic mass is 9.86. The summed E-state index contributed by atoms with van der Waals surface area (Å²) in [6.45, 7) is 8.89. The van der Waals surface area contributed by atoms with Gasteiger partial charge < -0.3 is 5.32 Å². The van der Waals surface area contributed by atoms with E-state index in [1.807, 2.05) is 0 Å². The number of benzene rings is 1. The van der Waals surface area contributed by atoms with Crippen molar-refractivity contribution in [2.45, 2.75) is 45.8 Å². The average Bonchev–Trinajstić information content (AvgIpc) is 2.42. The van der Waals surface area contributed by atoms with Gasteiger partial charge in [0.1, 0.15) is 11.6 Å². The third kappa shape index (κ3) is 3.36. The molecule has 1 N–H and O–H groups in total. The Hall–Kier alpha value is -1.00. The minimum absolute atomic E-state index is 0.319. The molecule has 0 radical (unpaired) electrons. The first-order chi connectivity index (χ1) is 9.52. The highest BCUT2D eigenvalue weighted by Gasteiger charge is 2.32. The van der Waals surface area contributed by atoms with Gasteiger partial charge in [0.15, 0.2) is 0 Å². The highest BCUT2D eigenvalue weighted by atomic mass is 19.1. The fourth-order valence-electron chi connectivity index (χ4n) is 3.10. The van der Waals surface area contributed by atoms with Crippen molar-refractivity contribution in [1.29, 1.82) is 0 Å². The van der Waals surface area contributed by atoms with Gasteiger partial charge >= 0.3 is 0 Å². The normalized spacial score (nSPS) is 27.8. The highest BCUT2D eigenvalue weighted by Crippen LogP contribution is 2.26.